The van der Waals surface area contributed by atoms with Gasteiger partial charge in [-0.3, -0.25) is 0 Å². The Morgan fingerprint density at radius 2 is 2.05 bits per heavy atom. The Labute approximate surface area is 129 Å². The van der Waals surface area contributed by atoms with Gasteiger partial charge in [-0.05, 0) is 63.5 Å². The Bertz CT molecular complexity index is 415. The SMILES string of the molecule is CC(C)N1CCC(NCc2cc(Br)ccc2Cl)CC1. The zero-order valence-corrected chi connectivity index (χ0v) is 14.0. The predicted octanol–water partition coefficient (Wildman–Crippen LogP) is 4.06. The van der Waals surface area contributed by atoms with E-state index in [9.17, 15) is 0 Å². The second-order valence-electron chi connectivity index (χ2n) is 5.52. The second kappa shape index (κ2) is 7.07. The number of hydrogen-bond acceptors (Lipinski definition) is 2. The van der Waals surface area contributed by atoms with Crippen LogP contribution in [0, 0.1) is 0 Å². The van der Waals surface area contributed by atoms with Crippen molar-refractivity contribution in [3.8, 4) is 0 Å². The molecule has 2 rings (SSSR count). The summed E-state index contributed by atoms with van der Waals surface area (Å²) in [5, 5.41) is 4.48. The van der Waals surface area contributed by atoms with Crippen LogP contribution < -0.4 is 5.32 Å². The summed E-state index contributed by atoms with van der Waals surface area (Å²) in [5.41, 5.74) is 1.17. The number of nitrogens with one attached hydrogen (secondary N) is 1. The van der Waals surface area contributed by atoms with E-state index in [-0.39, 0.29) is 0 Å². The van der Waals surface area contributed by atoms with Gasteiger partial charge in [-0.2, -0.15) is 0 Å². The summed E-state index contributed by atoms with van der Waals surface area (Å²) in [6, 6.07) is 7.31. The molecule has 0 spiro atoms. The number of hydrogen-bond donors (Lipinski definition) is 1. The van der Waals surface area contributed by atoms with Crippen molar-refractivity contribution < 1.29 is 0 Å². The van der Waals surface area contributed by atoms with Crippen LogP contribution in [-0.4, -0.2) is 30.1 Å². The van der Waals surface area contributed by atoms with Gasteiger partial charge < -0.3 is 10.2 Å². The molecule has 0 radical (unpaired) electrons. The van der Waals surface area contributed by atoms with Crippen molar-refractivity contribution in [3.05, 3.63) is 33.3 Å². The molecular weight excluding hydrogens is 324 g/mol. The van der Waals surface area contributed by atoms with Crippen molar-refractivity contribution in [2.45, 2.75) is 45.3 Å². The van der Waals surface area contributed by atoms with Crippen molar-refractivity contribution in [3.63, 3.8) is 0 Å². The fraction of sp³-hybridized carbons (Fsp3) is 0.600. The Balaban J connectivity index is 1.82. The van der Waals surface area contributed by atoms with Gasteiger partial charge in [-0.25, -0.2) is 0 Å². The molecule has 0 saturated carbocycles. The molecule has 0 aromatic heterocycles. The highest BCUT2D eigenvalue weighted by atomic mass is 79.9. The maximum Gasteiger partial charge on any atom is 0.0451 e. The highest BCUT2D eigenvalue weighted by molar-refractivity contribution is 9.10. The Morgan fingerprint density at radius 3 is 2.68 bits per heavy atom. The standard InChI is InChI=1S/C15H22BrClN2/c1-11(2)19-7-5-14(6-8-19)18-10-12-9-13(16)3-4-15(12)17/h3-4,9,11,14,18H,5-8,10H2,1-2H3. The van der Waals surface area contributed by atoms with Crippen LogP contribution in [0.1, 0.15) is 32.3 Å². The molecule has 1 fully saturated rings. The molecule has 2 nitrogen and oxygen atoms in total. The maximum absolute atomic E-state index is 6.21. The lowest BCUT2D eigenvalue weighted by Gasteiger charge is -2.35. The van der Waals surface area contributed by atoms with E-state index in [4.69, 9.17) is 11.6 Å². The largest absolute Gasteiger partial charge is 0.310 e. The molecule has 1 aromatic rings. The van der Waals surface area contributed by atoms with Gasteiger partial charge in [-0.1, -0.05) is 27.5 Å². The molecule has 0 amide bonds. The van der Waals surface area contributed by atoms with Crippen molar-refractivity contribution in [2.75, 3.05) is 13.1 Å². The summed E-state index contributed by atoms with van der Waals surface area (Å²) in [6.45, 7) is 7.79. The summed E-state index contributed by atoms with van der Waals surface area (Å²) in [4.78, 5) is 2.55. The van der Waals surface area contributed by atoms with Gasteiger partial charge in [0.2, 0.25) is 0 Å². The normalized spacial score (nSPS) is 18.2. The van der Waals surface area contributed by atoms with E-state index in [1.807, 2.05) is 12.1 Å². The van der Waals surface area contributed by atoms with E-state index < -0.39 is 0 Å². The third-order valence-electron chi connectivity index (χ3n) is 3.85. The van der Waals surface area contributed by atoms with Gasteiger partial charge in [0.1, 0.15) is 0 Å². The molecule has 0 atom stereocenters. The molecule has 19 heavy (non-hydrogen) atoms. The zero-order valence-electron chi connectivity index (χ0n) is 11.6. The number of rotatable bonds is 4. The van der Waals surface area contributed by atoms with Gasteiger partial charge in [0.25, 0.3) is 0 Å². The zero-order chi connectivity index (χ0) is 13.8. The summed E-state index contributed by atoms with van der Waals surface area (Å²) in [6.07, 6.45) is 2.45. The van der Waals surface area contributed by atoms with Crippen molar-refractivity contribution in [1.29, 1.82) is 0 Å². The van der Waals surface area contributed by atoms with Crippen molar-refractivity contribution >= 4 is 27.5 Å². The molecule has 0 bridgehead atoms. The van der Waals surface area contributed by atoms with Crippen molar-refractivity contribution in [2.24, 2.45) is 0 Å². The van der Waals surface area contributed by atoms with E-state index >= 15 is 0 Å². The summed E-state index contributed by atoms with van der Waals surface area (Å²) in [7, 11) is 0. The average molecular weight is 346 g/mol. The molecule has 1 saturated heterocycles. The minimum absolute atomic E-state index is 0.616. The monoisotopic (exact) mass is 344 g/mol. The number of piperidine rings is 1. The molecule has 1 N–H and O–H groups in total. The quantitative estimate of drug-likeness (QED) is 0.885. The van der Waals surface area contributed by atoms with Crippen molar-refractivity contribution in [1.82, 2.24) is 10.2 Å². The molecule has 1 aromatic carbocycles. The third-order valence-corrected chi connectivity index (χ3v) is 4.71. The first-order valence-corrected chi connectivity index (χ1v) is 8.14. The van der Waals surface area contributed by atoms with Gasteiger partial charge in [-0.15, -0.1) is 0 Å². The summed E-state index contributed by atoms with van der Waals surface area (Å²) in [5.74, 6) is 0. The summed E-state index contributed by atoms with van der Waals surface area (Å²) < 4.78 is 1.09. The minimum Gasteiger partial charge on any atom is -0.310 e. The van der Waals surface area contributed by atoms with Gasteiger partial charge in [0.05, 0.1) is 0 Å². The van der Waals surface area contributed by atoms with Crippen LogP contribution >= 0.6 is 27.5 Å². The van der Waals surface area contributed by atoms with E-state index in [0.717, 1.165) is 16.0 Å². The van der Waals surface area contributed by atoms with Gasteiger partial charge in [0, 0.05) is 28.1 Å². The van der Waals surface area contributed by atoms with Gasteiger partial charge in [0.15, 0.2) is 0 Å². The lowest BCUT2D eigenvalue weighted by atomic mass is 10.0. The lowest BCUT2D eigenvalue weighted by molar-refractivity contribution is 0.161. The predicted molar refractivity (Wildman–Crippen MR) is 85.7 cm³/mol. The number of likely N-dealkylation sites (tertiary alicyclic amines) is 1. The topological polar surface area (TPSA) is 15.3 Å². The van der Waals surface area contributed by atoms with E-state index in [1.165, 1.54) is 31.5 Å². The lowest BCUT2D eigenvalue weighted by Crippen LogP contribution is -2.44. The Hall–Kier alpha value is -0.0900. The fourth-order valence-electron chi connectivity index (χ4n) is 2.55. The van der Waals surface area contributed by atoms with Crippen LogP contribution in [0.25, 0.3) is 0 Å². The molecule has 1 heterocycles. The van der Waals surface area contributed by atoms with Gasteiger partial charge >= 0.3 is 0 Å². The third kappa shape index (κ3) is 4.45. The average Bonchev–Trinajstić information content (AvgIpc) is 2.40. The molecule has 0 unspecified atom stereocenters. The highest BCUT2D eigenvalue weighted by Crippen LogP contribution is 2.21. The minimum atomic E-state index is 0.616. The van der Waals surface area contributed by atoms with E-state index in [0.29, 0.717) is 12.1 Å². The maximum atomic E-state index is 6.21. The van der Waals surface area contributed by atoms with Crippen LogP contribution in [0.3, 0.4) is 0 Å². The number of nitrogens with zero attached hydrogens (tertiary/aromatic N) is 1. The highest BCUT2D eigenvalue weighted by Gasteiger charge is 2.20. The first kappa shape index (κ1) is 15.3. The second-order valence-corrected chi connectivity index (χ2v) is 6.84. The first-order valence-electron chi connectivity index (χ1n) is 6.97. The molecule has 106 valence electrons. The molecule has 0 aliphatic carbocycles. The Morgan fingerprint density at radius 1 is 1.37 bits per heavy atom. The summed E-state index contributed by atoms with van der Waals surface area (Å²) >= 11 is 9.70. The molecular formula is C15H22BrClN2. The molecule has 4 heteroatoms. The smallest absolute Gasteiger partial charge is 0.0451 e. The number of halogens is 2. The van der Waals surface area contributed by atoms with Crippen LogP contribution in [0.5, 0.6) is 0 Å². The van der Waals surface area contributed by atoms with Crippen LogP contribution in [0.2, 0.25) is 5.02 Å². The first-order chi connectivity index (χ1) is 9.06. The van der Waals surface area contributed by atoms with E-state index in [2.05, 4.69) is 46.1 Å². The van der Waals surface area contributed by atoms with Crippen LogP contribution in [0.4, 0.5) is 0 Å². The van der Waals surface area contributed by atoms with Crippen LogP contribution in [-0.2, 0) is 6.54 Å². The van der Waals surface area contributed by atoms with E-state index in [1.54, 1.807) is 0 Å². The molecule has 1 aliphatic heterocycles. The fourth-order valence-corrected chi connectivity index (χ4v) is 3.15. The Kier molecular flexibility index (Phi) is 5.70. The van der Waals surface area contributed by atoms with Crippen LogP contribution in [0.15, 0.2) is 22.7 Å². The number of benzene rings is 1. The molecule has 1 aliphatic rings.